The molecule has 1 aliphatic carbocycles. The van der Waals surface area contributed by atoms with Gasteiger partial charge in [0.05, 0.1) is 12.1 Å². The van der Waals surface area contributed by atoms with Gasteiger partial charge >= 0.3 is 0 Å². The zero-order valence-electron chi connectivity index (χ0n) is 8.13. The number of rotatable bonds is 5. The third-order valence-electron chi connectivity index (χ3n) is 2.23. The maximum absolute atomic E-state index is 9.40. The summed E-state index contributed by atoms with van der Waals surface area (Å²) in [5.41, 5.74) is 0. The number of tetrazole rings is 1. The first-order valence-electron chi connectivity index (χ1n) is 4.90. The average Bonchev–Trinajstić information content (AvgIpc) is 2.94. The fourth-order valence-corrected chi connectivity index (χ4v) is 2.11. The highest BCUT2D eigenvalue weighted by molar-refractivity contribution is 7.99. The van der Waals surface area contributed by atoms with E-state index < -0.39 is 0 Å². The van der Waals surface area contributed by atoms with Crippen molar-refractivity contribution in [1.29, 1.82) is 0 Å². The Kier molecular flexibility index (Phi) is 3.02. The van der Waals surface area contributed by atoms with E-state index in [1.165, 1.54) is 24.6 Å². The number of thioether (sulfide) groups is 1. The van der Waals surface area contributed by atoms with Gasteiger partial charge in [0, 0.05) is 5.75 Å². The number of hydrogen-bond acceptors (Lipinski definition) is 5. The standard InChI is InChI=1S/C8H14N4OS/c1-2-7(13)5-14-8-9-10-11-12(8)6-3-4-6/h6-7,13H,2-5H2,1H3. The lowest BCUT2D eigenvalue weighted by Crippen LogP contribution is -2.09. The van der Waals surface area contributed by atoms with Crippen LogP contribution in [0.5, 0.6) is 0 Å². The molecule has 2 rings (SSSR count). The summed E-state index contributed by atoms with van der Waals surface area (Å²) >= 11 is 1.53. The molecule has 78 valence electrons. The van der Waals surface area contributed by atoms with Gasteiger partial charge in [-0.25, -0.2) is 4.68 Å². The van der Waals surface area contributed by atoms with Crippen LogP contribution in [-0.2, 0) is 0 Å². The molecule has 1 N–H and O–H groups in total. The van der Waals surface area contributed by atoms with Crippen LogP contribution in [0.15, 0.2) is 5.16 Å². The number of aliphatic hydroxyl groups excluding tert-OH is 1. The van der Waals surface area contributed by atoms with E-state index in [2.05, 4.69) is 15.5 Å². The minimum absolute atomic E-state index is 0.260. The van der Waals surface area contributed by atoms with Gasteiger partial charge < -0.3 is 5.11 Å². The zero-order chi connectivity index (χ0) is 9.97. The molecule has 6 heteroatoms. The molecule has 0 aromatic carbocycles. The smallest absolute Gasteiger partial charge is 0.209 e. The van der Waals surface area contributed by atoms with Crippen molar-refractivity contribution in [3.05, 3.63) is 0 Å². The van der Waals surface area contributed by atoms with Gasteiger partial charge in [-0.3, -0.25) is 0 Å². The maximum Gasteiger partial charge on any atom is 0.209 e. The molecule has 1 fully saturated rings. The van der Waals surface area contributed by atoms with Gasteiger partial charge in [-0.1, -0.05) is 18.7 Å². The highest BCUT2D eigenvalue weighted by Crippen LogP contribution is 2.36. The summed E-state index contributed by atoms with van der Waals surface area (Å²) in [6.07, 6.45) is 2.87. The van der Waals surface area contributed by atoms with E-state index >= 15 is 0 Å². The third kappa shape index (κ3) is 2.24. The highest BCUT2D eigenvalue weighted by atomic mass is 32.2. The molecule has 1 unspecified atom stereocenters. The molecule has 0 aliphatic heterocycles. The van der Waals surface area contributed by atoms with Crippen molar-refractivity contribution >= 4 is 11.8 Å². The average molecular weight is 214 g/mol. The van der Waals surface area contributed by atoms with Crippen molar-refractivity contribution in [2.75, 3.05) is 5.75 Å². The Balaban J connectivity index is 1.91. The third-order valence-corrected chi connectivity index (χ3v) is 3.31. The van der Waals surface area contributed by atoms with Gasteiger partial charge in [0.15, 0.2) is 0 Å². The van der Waals surface area contributed by atoms with Crippen LogP contribution in [0, 0.1) is 0 Å². The number of aliphatic hydroxyl groups is 1. The van der Waals surface area contributed by atoms with E-state index in [0.717, 1.165) is 11.6 Å². The fraction of sp³-hybridized carbons (Fsp3) is 0.875. The lowest BCUT2D eigenvalue weighted by molar-refractivity contribution is 0.195. The van der Waals surface area contributed by atoms with Crippen molar-refractivity contribution in [1.82, 2.24) is 20.2 Å². The molecular weight excluding hydrogens is 200 g/mol. The van der Waals surface area contributed by atoms with Crippen LogP contribution in [0.1, 0.15) is 32.2 Å². The Morgan fingerprint density at radius 1 is 1.64 bits per heavy atom. The minimum Gasteiger partial charge on any atom is -0.392 e. The second kappa shape index (κ2) is 4.27. The van der Waals surface area contributed by atoms with Gasteiger partial charge in [0.2, 0.25) is 5.16 Å². The summed E-state index contributed by atoms with van der Waals surface area (Å²) in [6.45, 7) is 1.97. The molecule has 1 aliphatic rings. The molecule has 1 atom stereocenters. The Bertz CT molecular complexity index is 299. The Labute approximate surface area is 86.9 Å². The van der Waals surface area contributed by atoms with Gasteiger partial charge in [-0.2, -0.15) is 0 Å². The van der Waals surface area contributed by atoms with Crippen LogP contribution in [0.25, 0.3) is 0 Å². The normalized spacial score (nSPS) is 18.4. The van der Waals surface area contributed by atoms with Gasteiger partial charge in [0.25, 0.3) is 0 Å². The quantitative estimate of drug-likeness (QED) is 0.737. The lowest BCUT2D eigenvalue weighted by Gasteiger charge is -2.06. The summed E-state index contributed by atoms with van der Waals surface area (Å²) in [5.74, 6) is 0.670. The Morgan fingerprint density at radius 3 is 3.07 bits per heavy atom. The monoisotopic (exact) mass is 214 g/mol. The molecule has 0 spiro atoms. The molecule has 1 aromatic rings. The summed E-state index contributed by atoms with van der Waals surface area (Å²) in [6, 6.07) is 0.506. The van der Waals surface area contributed by atoms with Crippen LogP contribution < -0.4 is 0 Å². The second-order valence-electron chi connectivity index (χ2n) is 3.51. The van der Waals surface area contributed by atoms with Crippen LogP contribution in [0.3, 0.4) is 0 Å². The molecule has 0 radical (unpaired) electrons. The highest BCUT2D eigenvalue weighted by Gasteiger charge is 2.27. The predicted molar refractivity (Wildman–Crippen MR) is 53.1 cm³/mol. The van der Waals surface area contributed by atoms with Crippen LogP contribution >= 0.6 is 11.8 Å². The van der Waals surface area contributed by atoms with E-state index in [4.69, 9.17) is 0 Å². The molecule has 1 aromatic heterocycles. The topological polar surface area (TPSA) is 63.8 Å². The van der Waals surface area contributed by atoms with E-state index in [-0.39, 0.29) is 6.10 Å². The minimum atomic E-state index is -0.260. The van der Waals surface area contributed by atoms with E-state index in [1.807, 2.05) is 11.6 Å². The van der Waals surface area contributed by atoms with Crippen LogP contribution in [0.2, 0.25) is 0 Å². The summed E-state index contributed by atoms with van der Waals surface area (Å²) in [7, 11) is 0. The lowest BCUT2D eigenvalue weighted by atomic mass is 10.3. The fourth-order valence-electron chi connectivity index (χ4n) is 1.12. The molecule has 1 saturated carbocycles. The first-order chi connectivity index (χ1) is 6.81. The second-order valence-corrected chi connectivity index (χ2v) is 4.50. The maximum atomic E-state index is 9.40. The zero-order valence-corrected chi connectivity index (χ0v) is 8.94. The van der Waals surface area contributed by atoms with E-state index in [0.29, 0.717) is 11.8 Å². The van der Waals surface area contributed by atoms with Gasteiger partial charge in [-0.15, -0.1) is 5.10 Å². The first-order valence-corrected chi connectivity index (χ1v) is 5.88. The van der Waals surface area contributed by atoms with Crippen LogP contribution in [-0.4, -0.2) is 37.2 Å². The van der Waals surface area contributed by atoms with E-state index in [9.17, 15) is 5.11 Å². The molecule has 14 heavy (non-hydrogen) atoms. The summed E-state index contributed by atoms with van der Waals surface area (Å²) in [4.78, 5) is 0. The predicted octanol–water partition coefficient (Wildman–Crippen LogP) is 0.871. The molecule has 0 saturated heterocycles. The molecular formula is C8H14N4OS. The molecule has 0 amide bonds. The first kappa shape index (κ1) is 9.92. The summed E-state index contributed by atoms with van der Waals surface area (Å²) in [5, 5.41) is 21.8. The van der Waals surface area contributed by atoms with Gasteiger partial charge in [-0.05, 0) is 29.7 Å². The van der Waals surface area contributed by atoms with E-state index in [1.54, 1.807) is 0 Å². The summed E-state index contributed by atoms with van der Waals surface area (Å²) < 4.78 is 1.87. The van der Waals surface area contributed by atoms with Crippen molar-refractivity contribution in [2.45, 2.75) is 43.5 Å². The van der Waals surface area contributed by atoms with Gasteiger partial charge in [0.1, 0.15) is 0 Å². The molecule has 5 nitrogen and oxygen atoms in total. The number of nitrogens with zero attached hydrogens (tertiary/aromatic N) is 4. The van der Waals surface area contributed by atoms with Crippen molar-refractivity contribution in [3.63, 3.8) is 0 Å². The van der Waals surface area contributed by atoms with Crippen molar-refractivity contribution < 1.29 is 5.11 Å². The van der Waals surface area contributed by atoms with Crippen molar-refractivity contribution in [3.8, 4) is 0 Å². The number of aromatic nitrogens is 4. The van der Waals surface area contributed by atoms with Crippen molar-refractivity contribution in [2.24, 2.45) is 0 Å². The Hall–Kier alpha value is -0.620. The van der Waals surface area contributed by atoms with Crippen LogP contribution in [0.4, 0.5) is 0 Å². The largest absolute Gasteiger partial charge is 0.392 e. The molecule has 1 heterocycles. The SMILES string of the molecule is CCC(O)CSc1nnnn1C1CC1. The Morgan fingerprint density at radius 2 is 2.43 bits per heavy atom. The molecule has 0 bridgehead atoms. The number of hydrogen-bond donors (Lipinski definition) is 1.